The highest BCUT2D eigenvalue weighted by molar-refractivity contribution is 6.02. The van der Waals surface area contributed by atoms with Crippen LogP contribution in [0, 0.1) is 6.92 Å². The van der Waals surface area contributed by atoms with Crippen LogP contribution in [-0.4, -0.2) is 29.0 Å². The highest BCUT2D eigenvalue weighted by Gasteiger charge is 2.13. The molecule has 0 saturated heterocycles. The van der Waals surface area contributed by atoms with Gasteiger partial charge in [0.1, 0.15) is 11.5 Å². The second-order valence-corrected chi connectivity index (χ2v) is 5.77. The molecule has 7 nitrogen and oxygen atoms in total. The van der Waals surface area contributed by atoms with Crippen LogP contribution in [0.25, 0.3) is 0 Å². The van der Waals surface area contributed by atoms with Gasteiger partial charge < -0.3 is 15.4 Å². The SMILES string of the molecule is COC(=O)c1ccccc1Nc1cnc(C(=O)Nc2cccc(C)c2)cn1. The van der Waals surface area contributed by atoms with Gasteiger partial charge in [-0.1, -0.05) is 24.3 Å². The number of benzene rings is 2. The van der Waals surface area contributed by atoms with Crippen molar-refractivity contribution in [2.45, 2.75) is 6.92 Å². The number of esters is 1. The monoisotopic (exact) mass is 362 g/mol. The number of ether oxygens (including phenoxy) is 1. The van der Waals surface area contributed by atoms with Crippen LogP contribution in [0.15, 0.2) is 60.9 Å². The number of rotatable bonds is 5. The van der Waals surface area contributed by atoms with E-state index in [1.54, 1.807) is 30.3 Å². The van der Waals surface area contributed by atoms with Crippen LogP contribution in [0.4, 0.5) is 17.2 Å². The van der Waals surface area contributed by atoms with Crippen molar-refractivity contribution < 1.29 is 14.3 Å². The lowest BCUT2D eigenvalue weighted by Crippen LogP contribution is -2.14. The van der Waals surface area contributed by atoms with Crippen LogP contribution in [0.2, 0.25) is 0 Å². The van der Waals surface area contributed by atoms with Crippen molar-refractivity contribution in [1.29, 1.82) is 0 Å². The Bertz CT molecular complexity index is 971. The number of nitrogens with zero attached hydrogens (tertiary/aromatic N) is 2. The molecular formula is C20H18N4O3. The zero-order chi connectivity index (χ0) is 19.2. The Morgan fingerprint density at radius 1 is 1.00 bits per heavy atom. The Hall–Kier alpha value is -3.74. The van der Waals surface area contributed by atoms with E-state index in [0.29, 0.717) is 22.8 Å². The molecule has 136 valence electrons. The highest BCUT2D eigenvalue weighted by atomic mass is 16.5. The molecule has 3 aromatic rings. The number of para-hydroxylation sites is 1. The zero-order valence-corrected chi connectivity index (χ0v) is 14.9. The predicted octanol–water partition coefficient (Wildman–Crippen LogP) is 3.57. The van der Waals surface area contributed by atoms with Crippen LogP contribution in [0.5, 0.6) is 0 Å². The number of aryl methyl sites for hydroxylation is 1. The van der Waals surface area contributed by atoms with E-state index in [-0.39, 0.29) is 11.6 Å². The summed E-state index contributed by atoms with van der Waals surface area (Å²) in [6.45, 7) is 1.95. The number of amides is 1. The molecule has 7 heteroatoms. The smallest absolute Gasteiger partial charge is 0.339 e. The molecule has 2 N–H and O–H groups in total. The molecule has 0 spiro atoms. The maximum absolute atomic E-state index is 12.3. The van der Waals surface area contributed by atoms with Gasteiger partial charge in [-0.2, -0.15) is 0 Å². The average molecular weight is 362 g/mol. The van der Waals surface area contributed by atoms with E-state index in [1.807, 2.05) is 25.1 Å². The van der Waals surface area contributed by atoms with Gasteiger partial charge in [0.25, 0.3) is 5.91 Å². The molecule has 0 aliphatic carbocycles. The first kappa shape index (κ1) is 18.1. The highest BCUT2D eigenvalue weighted by Crippen LogP contribution is 2.20. The largest absolute Gasteiger partial charge is 0.465 e. The number of aromatic nitrogens is 2. The summed E-state index contributed by atoms with van der Waals surface area (Å²) in [5.41, 5.74) is 2.83. The van der Waals surface area contributed by atoms with E-state index in [2.05, 4.69) is 20.6 Å². The van der Waals surface area contributed by atoms with Gasteiger partial charge in [0.15, 0.2) is 0 Å². The molecule has 3 rings (SSSR count). The summed E-state index contributed by atoms with van der Waals surface area (Å²) >= 11 is 0. The average Bonchev–Trinajstić information content (AvgIpc) is 2.68. The Kier molecular flexibility index (Phi) is 5.41. The van der Waals surface area contributed by atoms with Crippen molar-refractivity contribution in [2.24, 2.45) is 0 Å². The molecular weight excluding hydrogens is 344 g/mol. The van der Waals surface area contributed by atoms with Crippen molar-refractivity contribution in [3.05, 3.63) is 77.7 Å². The molecule has 1 aromatic heterocycles. The molecule has 0 aliphatic rings. The molecule has 0 radical (unpaired) electrons. The van der Waals surface area contributed by atoms with Gasteiger partial charge in [-0.25, -0.2) is 14.8 Å². The fourth-order valence-electron chi connectivity index (χ4n) is 2.45. The Morgan fingerprint density at radius 2 is 1.81 bits per heavy atom. The fraction of sp³-hybridized carbons (Fsp3) is 0.100. The first-order chi connectivity index (χ1) is 13.1. The number of carbonyl (C=O) groups is 2. The van der Waals surface area contributed by atoms with Gasteiger partial charge in [-0.3, -0.25) is 4.79 Å². The number of hydrogen-bond donors (Lipinski definition) is 2. The number of methoxy groups -OCH3 is 1. The van der Waals surface area contributed by atoms with Gasteiger partial charge in [-0.15, -0.1) is 0 Å². The van der Waals surface area contributed by atoms with E-state index in [9.17, 15) is 9.59 Å². The molecule has 2 aromatic carbocycles. The molecule has 0 fully saturated rings. The summed E-state index contributed by atoms with van der Waals surface area (Å²) in [6, 6.07) is 14.4. The Balaban J connectivity index is 1.72. The molecule has 0 bridgehead atoms. The number of hydrogen-bond acceptors (Lipinski definition) is 6. The van der Waals surface area contributed by atoms with E-state index in [0.717, 1.165) is 5.56 Å². The second kappa shape index (κ2) is 8.09. The van der Waals surface area contributed by atoms with Crippen molar-refractivity contribution >= 4 is 29.1 Å². The third kappa shape index (κ3) is 4.46. The molecule has 0 aliphatic heterocycles. The summed E-state index contributed by atoms with van der Waals surface area (Å²) in [5.74, 6) is -0.409. The number of anilines is 3. The molecule has 27 heavy (non-hydrogen) atoms. The summed E-state index contributed by atoms with van der Waals surface area (Å²) in [7, 11) is 1.32. The minimum Gasteiger partial charge on any atom is -0.465 e. The topological polar surface area (TPSA) is 93.2 Å². The van der Waals surface area contributed by atoms with Gasteiger partial charge in [0, 0.05) is 5.69 Å². The summed E-state index contributed by atoms with van der Waals surface area (Å²) < 4.78 is 4.76. The van der Waals surface area contributed by atoms with Crippen molar-refractivity contribution in [3.8, 4) is 0 Å². The van der Waals surface area contributed by atoms with Crippen LogP contribution in [-0.2, 0) is 4.74 Å². The second-order valence-electron chi connectivity index (χ2n) is 5.77. The van der Waals surface area contributed by atoms with E-state index >= 15 is 0 Å². The first-order valence-electron chi connectivity index (χ1n) is 8.21. The van der Waals surface area contributed by atoms with Crippen LogP contribution >= 0.6 is 0 Å². The fourth-order valence-corrected chi connectivity index (χ4v) is 2.45. The van der Waals surface area contributed by atoms with E-state index in [1.165, 1.54) is 19.5 Å². The van der Waals surface area contributed by atoms with Crippen LogP contribution in [0.1, 0.15) is 26.4 Å². The molecule has 1 amide bonds. The predicted molar refractivity (Wildman–Crippen MR) is 102 cm³/mol. The normalized spacial score (nSPS) is 10.1. The first-order valence-corrected chi connectivity index (χ1v) is 8.21. The third-order valence-electron chi connectivity index (χ3n) is 3.76. The van der Waals surface area contributed by atoms with Crippen LogP contribution in [0.3, 0.4) is 0 Å². The standard InChI is InChI=1S/C20H18N4O3/c1-13-6-5-7-14(10-13)23-19(25)17-11-22-18(12-21-17)24-16-9-4-3-8-15(16)20(26)27-2/h3-12H,1-2H3,(H,22,24)(H,23,25). The van der Waals surface area contributed by atoms with E-state index < -0.39 is 5.97 Å². The van der Waals surface area contributed by atoms with Gasteiger partial charge in [0.05, 0.1) is 30.8 Å². The third-order valence-corrected chi connectivity index (χ3v) is 3.76. The summed E-state index contributed by atoms with van der Waals surface area (Å²) in [5, 5.41) is 5.78. The van der Waals surface area contributed by atoms with Crippen molar-refractivity contribution in [3.63, 3.8) is 0 Å². The van der Waals surface area contributed by atoms with Crippen molar-refractivity contribution in [2.75, 3.05) is 17.7 Å². The van der Waals surface area contributed by atoms with Crippen LogP contribution < -0.4 is 10.6 Å². The molecule has 0 saturated carbocycles. The van der Waals surface area contributed by atoms with Gasteiger partial charge in [0.2, 0.25) is 0 Å². The quantitative estimate of drug-likeness (QED) is 0.674. The Labute approximate surface area is 156 Å². The van der Waals surface area contributed by atoms with Gasteiger partial charge in [-0.05, 0) is 36.8 Å². The number of carbonyl (C=O) groups excluding carboxylic acids is 2. The lowest BCUT2D eigenvalue weighted by Gasteiger charge is -2.10. The lowest BCUT2D eigenvalue weighted by molar-refractivity contribution is 0.0601. The zero-order valence-electron chi connectivity index (χ0n) is 14.9. The minimum atomic E-state index is -0.458. The lowest BCUT2D eigenvalue weighted by atomic mass is 10.2. The maximum Gasteiger partial charge on any atom is 0.339 e. The molecule has 1 heterocycles. The van der Waals surface area contributed by atoms with Crippen molar-refractivity contribution in [1.82, 2.24) is 9.97 Å². The summed E-state index contributed by atoms with van der Waals surface area (Å²) in [4.78, 5) is 32.4. The maximum atomic E-state index is 12.3. The summed E-state index contributed by atoms with van der Waals surface area (Å²) in [6.07, 6.45) is 2.80. The molecule has 0 unspecified atom stereocenters. The van der Waals surface area contributed by atoms with Gasteiger partial charge >= 0.3 is 5.97 Å². The number of nitrogens with one attached hydrogen (secondary N) is 2. The Morgan fingerprint density at radius 3 is 2.52 bits per heavy atom. The minimum absolute atomic E-state index is 0.184. The molecule has 0 atom stereocenters. The van der Waals surface area contributed by atoms with E-state index in [4.69, 9.17) is 4.74 Å².